The normalized spacial score (nSPS) is 18.4. The lowest BCUT2D eigenvalue weighted by atomic mass is 10.3. The van der Waals surface area contributed by atoms with Crippen LogP contribution in [0.3, 0.4) is 0 Å². The Bertz CT molecular complexity index is 1260. The van der Waals surface area contributed by atoms with Gasteiger partial charge < -0.3 is 20.4 Å². The van der Waals surface area contributed by atoms with E-state index in [1.54, 1.807) is 0 Å². The van der Waals surface area contributed by atoms with Gasteiger partial charge in [0.25, 0.3) is 0 Å². The van der Waals surface area contributed by atoms with Crippen molar-refractivity contribution in [1.29, 1.82) is 0 Å². The molecule has 1 amide bonds. The SMILES string of the molecule is Cc1cc(Nc2nc(Sc3ccc(NC(=O)C4CC4)cc3)nc(N3CCN(CCN4CCCC4)CC3)n2)n[nH]1. The average molecular weight is 549 g/mol. The predicted molar refractivity (Wildman–Crippen MR) is 153 cm³/mol. The number of aromatic amines is 1. The molecule has 2 saturated heterocycles. The van der Waals surface area contributed by atoms with Crippen LogP contribution in [0.15, 0.2) is 40.4 Å². The number of benzene rings is 1. The van der Waals surface area contributed by atoms with Crippen molar-refractivity contribution in [3.8, 4) is 0 Å². The number of hydrogen-bond acceptors (Lipinski definition) is 10. The van der Waals surface area contributed by atoms with Crippen LogP contribution in [0.2, 0.25) is 0 Å². The van der Waals surface area contributed by atoms with Crippen LogP contribution in [0, 0.1) is 12.8 Å². The first-order valence-corrected chi connectivity index (χ1v) is 14.7. The molecule has 0 bridgehead atoms. The summed E-state index contributed by atoms with van der Waals surface area (Å²) in [7, 11) is 0. The smallest absolute Gasteiger partial charge is 0.234 e. The number of piperazine rings is 1. The first kappa shape index (κ1) is 26.0. The quantitative estimate of drug-likeness (QED) is 0.348. The van der Waals surface area contributed by atoms with Crippen molar-refractivity contribution < 1.29 is 4.79 Å². The number of aromatic nitrogens is 5. The van der Waals surface area contributed by atoms with Crippen LogP contribution in [0.25, 0.3) is 0 Å². The average Bonchev–Trinajstić information content (AvgIpc) is 3.52. The lowest BCUT2D eigenvalue weighted by molar-refractivity contribution is -0.117. The maximum atomic E-state index is 12.1. The monoisotopic (exact) mass is 548 g/mol. The van der Waals surface area contributed by atoms with Gasteiger partial charge in [0.1, 0.15) is 0 Å². The third-order valence-electron chi connectivity index (χ3n) is 7.41. The lowest BCUT2D eigenvalue weighted by Crippen LogP contribution is -2.48. The van der Waals surface area contributed by atoms with Gasteiger partial charge in [0.15, 0.2) is 11.0 Å². The van der Waals surface area contributed by atoms with Crippen molar-refractivity contribution >= 4 is 41.1 Å². The second-order valence-corrected chi connectivity index (χ2v) is 11.6. The van der Waals surface area contributed by atoms with E-state index >= 15 is 0 Å². The van der Waals surface area contributed by atoms with Crippen molar-refractivity contribution in [1.82, 2.24) is 34.9 Å². The summed E-state index contributed by atoms with van der Waals surface area (Å²) in [5, 5.41) is 14.1. The number of amides is 1. The fourth-order valence-corrected chi connectivity index (χ4v) is 5.69. The maximum Gasteiger partial charge on any atom is 0.234 e. The molecular formula is C27H36N10OS. The third kappa shape index (κ3) is 7.06. The van der Waals surface area contributed by atoms with Crippen molar-refractivity contribution in [2.24, 2.45) is 5.92 Å². The molecule has 11 nitrogen and oxygen atoms in total. The topological polar surface area (TPSA) is 118 Å². The summed E-state index contributed by atoms with van der Waals surface area (Å²) in [5.74, 6) is 2.11. The van der Waals surface area contributed by atoms with E-state index < -0.39 is 0 Å². The van der Waals surface area contributed by atoms with E-state index in [9.17, 15) is 4.79 Å². The molecule has 6 rings (SSSR count). The predicted octanol–water partition coefficient (Wildman–Crippen LogP) is 3.36. The molecule has 3 fully saturated rings. The third-order valence-corrected chi connectivity index (χ3v) is 8.29. The Morgan fingerprint density at radius 1 is 0.974 bits per heavy atom. The molecule has 39 heavy (non-hydrogen) atoms. The number of carbonyl (C=O) groups excluding carboxylic acids is 1. The summed E-state index contributed by atoms with van der Waals surface area (Å²) in [4.78, 5) is 34.7. The van der Waals surface area contributed by atoms with E-state index in [-0.39, 0.29) is 11.8 Å². The molecule has 0 atom stereocenters. The second kappa shape index (κ2) is 11.9. The Kier molecular flexibility index (Phi) is 7.93. The number of nitrogens with one attached hydrogen (secondary N) is 3. The number of rotatable bonds is 10. The molecule has 12 heteroatoms. The van der Waals surface area contributed by atoms with Crippen molar-refractivity contribution in [2.45, 2.75) is 42.7 Å². The highest BCUT2D eigenvalue weighted by molar-refractivity contribution is 7.99. The summed E-state index contributed by atoms with van der Waals surface area (Å²) in [5.41, 5.74) is 1.77. The molecule has 1 aliphatic carbocycles. The van der Waals surface area contributed by atoms with Crippen LogP contribution in [0.5, 0.6) is 0 Å². The largest absolute Gasteiger partial charge is 0.338 e. The fraction of sp³-hybridized carbons (Fsp3) is 0.519. The van der Waals surface area contributed by atoms with Gasteiger partial charge in [-0.3, -0.25) is 14.8 Å². The number of hydrogen-bond donors (Lipinski definition) is 3. The van der Waals surface area contributed by atoms with Crippen LogP contribution in [-0.2, 0) is 4.79 Å². The Labute approximate surface area is 233 Å². The van der Waals surface area contributed by atoms with E-state index in [4.69, 9.17) is 9.97 Å². The number of anilines is 4. The summed E-state index contributed by atoms with van der Waals surface area (Å²) < 4.78 is 0. The van der Waals surface area contributed by atoms with Crippen molar-refractivity contribution in [3.63, 3.8) is 0 Å². The molecule has 3 aliphatic rings. The van der Waals surface area contributed by atoms with Gasteiger partial charge in [-0.25, -0.2) is 0 Å². The molecule has 0 unspecified atom stereocenters. The van der Waals surface area contributed by atoms with E-state index in [0.717, 1.165) is 68.4 Å². The van der Waals surface area contributed by atoms with Gasteiger partial charge in [0.05, 0.1) is 0 Å². The van der Waals surface area contributed by atoms with E-state index in [0.29, 0.717) is 22.9 Å². The summed E-state index contributed by atoms with van der Waals surface area (Å²) >= 11 is 1.48. The van der Waals surface area contributed by atoms with Gasteiger partial charge in [-0.05, 0) is 81.7 Å². The molecule has 2 aliphatic heterocycles. The van der Waals surface area contributed by atoms with Crippen LogP contribution in [-0.4, -0.2) is 93.2 Å². The maximum absolute atomic E-state index is 12.1. The first-order valence-electron chi connectivity index (χ1n) is 13.9. The minimum absolute atomic E-state index is 0.109. The van der Waals surface area contributed by atoms with Gasteiger partial charge in [-0.2, -0.15) is 20.1 Å². The second-order valence-electron chi connectivity index (χ2n) is 10.6. The van der Waals surface area contributed by atoms with Crippen molar-refractivity contribution in [2.75, 3.05) is 67.9 Å². The van der Waals surface area contributed by atoms with Crippen LogP contribution < -0.4 is 15.5 Å². The summed E-state index contributed by atoms with van der Waals surface area (Å²) in [6, 6.07) is 9.75. The zero-order chi connectivity index (χ0) is 26.6. The Balaban J connectivity index is 1.13. The number of H-pyrrole nitrogens is 1. The van der Waals surface area contributed by atoms with Crippen LogP contribution >= 0.6 is 11.8 Å². The van der Waals surface area contributed by atoms with E-state index in [1.807, 2.05) is 37.3 Å². The number of aryl methyl sites for hydroxylation is 1. The van der Waals surface area contributed by atoms with Gasteiger partial charge in [-0.15, -0.1) is 0 Å². The van der Waals surface area contributed by atoms with Crippen molar-refractivity contribution in [3.05, 3.63) is 36.0 Å². The fourth-order valence-electron chi connectivity index (χ4n) is 4.95. The van der Waals surface area contributed by atoms with Crippen LogP contribution in [0.1, 0.15) is 31.4 Å². The number of likely N-dealkylation sites (tertiary alicyclic amines) is 1. The molecule has 0 spiro atoms. The first-order chi connectivity index (χ1) is 19.1. The molecule has 1 aromatic carbocycles. The molecule has 206 valence electrons. The zero-order valence-corrected chi connectivity index (χ0v) is 23.2. The molecule has 0 radical (unpaired) electrons. The Morgan fingerprint density at radius 2 is 1.69 bits per heavy atom. The molecule has 2 aromatic heterocycles. The molecular weight excluding hydrogens is 512 g/mol. The highest BCUT2D eigenvalue weighted by Gasteiger charge is 2.29. The van der Waals surface area contributed by atoms with E-state index in [1.165, 1.54) is 37.7 Å². The summed E-state index contributed by atoms with van der Waals surface area (Å²) in [6.07, 6.45) is 4.65. The minimum Gasteiger partial charge on any atom is -0.338 e. The van der Waals surface area contributed by atoms with Gasteiger partial charge >= 0.3 is 0 Å². The molecule has 4 heterocycles. The molecule has 3 N–H and O–H groups in total. The van der Waals surface area contributed by atoms with Gasteiger partial charge in [0, 0.05) is 67.5 Å². The Hall–Kier alpha value is -3.22. The molecule has 1 saturated carbocycles. The van der Waals surface area contributed by atoms with Gasteiger partial charge in [-0.1, -0.05) is 0 Å². The zero-order valence-electron chi connectivity index (χ0n) is 22.4. The van der Waals surface area contributed by atoms with Crippen LogP contribution in [0.4, 0.5) is 23.4 Å². The summed E-state index contributed by atoms with van der Waals surface area (Å²) in [6.45, 7) is 10.5. The standard InChI is InChI=1S/C27H36N10OS/c1-19-18-23(34-33-19)29-25-30-26(37-16-14-36(15-17-37)13-12-35-10-2-3-11-35)32-27(31-25)39-22-8-6-21(7-9-22)28-24(38)20-4-5-20/h6-9,18,20H,2-5,10-17H2,1H3,(H,28,38)(H2,29,30,31,32,33,34). The van der Waals surface area contributed by atoms with Gasteiger partial charge in [0.2, 0.25) is 17.8 Å². The van der Waals surface area contributed by atoms with E-state index in [2.05, 4.69) is 40.5 Å². The Morgan fingerprint density at radius 3 is 2.36 bits per heavy atom. The number of nitrogens with zero attached hydrogens (tertiary/aromatic N) is 7. The minimum atomic E-state index is 0.109. The molecule has 3 aromatic rings. The highest BCUT2D eigenvalue weighted by Crippen LogP contribution is 2.31. The lowest BCUT2D eigenvalue weighted by Gasteiger charge is -2.35. The number of carbonyl (C=O) groups is 1. The highest BCUT2D eigenvalue weighted by atomic mass is 32.2.